The fraction of sp³-hybridized carbons (Fsp3) is 0.333. The highest BCUT2D eigenvalue weighted by Crippen LogP contribution is 2.39. The number of rotatable bonds is 8. The lowest BCUT2D eigenvalue weighted by Crippen LogP contribution is -2.11. The molecule has 0 saturated heterocycles. The van der Waals surface area contributed by atoms with Crippen molar-refractivity contribution >= 4 is 34.3 Å². The first-order valence-electron chi connectivity index (χ1n) is 10.4. The molecule has 0 saturated carbocycles. The predicted molar refractivity (Wildman–Crippen MR) is 127 cm³/mol. The van der Waals surface area contributed by atoms with Gasteiger partial charge >= 0.3 is 5.76 Å². The zero-order valence-electron chi connectivity index (χ0n) is 18.6. The third kappa shape index (κ3) is 4.12. The van der Waals surface area contributed by atoms with Crippen LogP contribution in [-0.2, 0) is 13.0 Å². The molecule has 0 aliphatic heterocycles. The molecule has 0 aliphatic rings. The molecule has 2 aromatic heterocycles. The van der Waals surface area contributed by atoms with E-state index in [0.29, 0.717) is 42.4 Å². The highest BCUT2D eigenvalue weighted by atomic mass is 35.5. The van der Waals surface area contributed by atoms with Crippen molar-refractivity contribution in [2.75, 3.05) is 20.8 Å². The number of hydrogen-bond acceptors (Lipinski definition) is 6. The van der Waals surface area contributed by atoms with E-state index >= 15 is 0 Å². The van der Waals surface area contributed by atoms with Crippen LogP contribution in [0.5, 0.6) is 17.2 Å². The van der Waals surface area contributed by atoms with Gasteiger partial charge in [0.15, 0.2) is 17.1 Å². The summed E-state index contributed by atoms with van der Waals surface area (Å²) in [6.07, 6.45) is 5.08. The normalized spacial score (nSPS) is 10.9. The average Bonchev–Trinajstić information content (AvgIpc) is 3.13. The Morgan fingerprint density at radius 3 is 2.38 bits per heavy atom. The molecule has 4 rings (SSSR count). The fourth-order valence-electron chi connectivity index (χ4n) is 3.87. The molecule has 0 radical (unpaired) electrons. The highest BCUT2D eigenvalue weighted by molar-refractivity contribution is 6.03. The average molecular weight is 459 g/mol. The third-order valence-electron chi connectivity index (χ3n) is 5.34. The second-order valence-corrected chi connectivity index (χ2v) is 7.27. The van der Waals surface area contributed by atoms with Gasteiger partial charge in [0.1, 0.15) is 0 Å². The summed E-state index contributed by atoms with van der Waals surface area (Å²) in [6.45, 7) is 5.10. The molecule has 0 aliphatic carbocycles. The van der Waals surface area contributed by atoms with Gasteiger partial charge < -0.3 is 18.6 Å². The van der Waals surface area contributed by atoms with Crippen LogP contribution in [0, 0.1) is 0 Å². The van der Waals surface area contributed by atoms with Crippen molar-refractivity contribution in [2.24, 2.45) is 0 Å². The summed E-state index contributed by atoms with van der Waals surface area (Å²) in [4.78, 5) is 16.6. The standard InChI is InChI=1S/C24H26N2O5.ClH/c1-5-9-30-23-20(28-3)11-15(12-21(23)29-4)10-16-13-25-14-18-17(16)7-8-19-22(18)31-24(27)26(19)6-2;/h7-8,11-14H,5-6,9-10H2,1-4H3;1H. The molecule has 2 aromatic carbocycles. The Morgan fingerprint density at radius 1 is 1.03 bits per heavy atom. The van der Waals surface area contributed by atoms with E-state index in [1.807, 2.05) is 37.4 Å². The van der Waals surface area contributed by atoms with Gasteiger partial charge in [-0.05, 0) is 54.5 Å². The molecule has 0 amide bonds. The summed E-state index contributed by atoms with van der Waals surface area (Å²) in [7, 11) is 3.24. The minimum Gasteiger partial charge on any atom is -0.493 e. The van der Waals surface area contributed by atoms with Gasteiger partial charge in [0.25, 0.3) is 0 Å². The summed E-state index contributed by atoms with van der Waals surface area (Å²) < 4.78 is 24.1. The Kier molecular flexibility index (Phi) is 7.30. The van der Waals surface area contributed by atoms with Gasteiger partial charge in [0.2, 0.25) is 5.75 Å². The Morgan fingerprint density at radius 2 is 1.75 bits per heavy atom. The molecule has 170 valence electrons. The summed E-state index contributed by atoms with van der Waals surface area (Å²) in [5, 5.41) is 1.81. The maximum Gasteiger partial charge on any atom is 0.419 e. The van der Waals surface area contributed by atoms with E-state index in [1.165, 1.54) is 0 Å². The Hall–Kier alpha value is -3.19. The van der Waals surface area contributed by atoms with E-state index in [1.54, 1.807) is 25.0 Å². The van der Waals surface area contributed by atoms with Crippen molar-refractivity contribution in [3.63, 3.8) is 0 Å². The first-order chi connectivity index (χ1) is 15.1. The molecular formula is C24H27ClN2O5. The maximum absolute atomic E-state index is 12.2. The largest absolute Gasteiger partial charge is 0.493 e. The second kappa shape index (κ2) is 9.96. The molecule has 0 bridgehead atoms. The van der Waals surface area contributed by atoms with Crippen molar-refractivity contribution in [1.29, 1.82) is 0 Å². The molecular weight excluding hydrogens is 432 g/mol. The summed E-state index contributed by atoms with van der Waals surface area (Å²) in [6, 6.07) is 7.86. The van der Waals surface area contributed by atoms with Crippen molar-refractivity contribution in [3.05, 3.63) is 58.3 Å². The smallest absolute Gasteiger partial charge is 0.419 e. The number of nitrogens with zero attached hydrogens (tertiary/aromatic N) is 2. The zero-order chi connectivity index (χ0) is 22.0. The first kappa shape index (κ1) is 23.5. The monoisotopic (exact) mass is 458 g/mol. The molecule has 0 spiro atoms. The minimum absolute atomic E-state index is 0. The molecule has 7 nitrogen and oxygen atoms in total. The van der Waals surface area contributed by atoms with Crippen LogP contribution in [-0.4, -0.2) is 30.4 Å². The van der Waals surface area contributed by atoms with Crippen molar-refractivity contribution in [3.8, 4) is 17.2 Å². The lowest BCUT2D eigenvalue weighted by Gasteiger charge is -2.16. The molecule has 0 atom stereocenters. The van der Waals surface area contributed by atoms with E-state index in [9.17, 15) is 4.79 Å². The molecule has 2 heterocycles. The zero-order valence-corrected chi connectivity index (χ0v) is 19.5. The fourth-order valence-corrected chi connectivity index (χ4v) is 3.87. The van der Waals surface area contributed by atoms with Crippen molar-refractivity contribution < 1.29 is 18.6 Å². The number of oxazole rings is 1. The SMILES string of the molecule is CCCOc1c(OC)cc(Cc2cncc3c2ccc2c3oc(=O)n2CC)cc1OC.Cl. The van der Waals surface area contributed by atoms with Crippen LogP contribution in [0.15, 0.2) is 45.9 Å². The Bertz CT molecular complexity index is 1270. The van der Waals surface area contributed by atoms with Crippen LogP contribution in [0.2, 0.25) is 0 Å². The molecule has 0 fully saturated rings. The number of halogens is 1. The van der Waals surface area contributed by atoms with Gasteiger partial charge in [0, 0.05) is 24.3 Å². The topological polar surface area (TPSA) is 75.7 Å². The molecule has 32 heavy (non-hydrogen) atoms. The first-order valence-corrected chi connectivity index (χ1v) is 10.4. The lowest BCUT2D eigenvalue weighted by atomic mass is 10.00. The number of benzene rings is 2. The van der Waals surface area contributed by atoms with Gasteiger partial charge in [0.05, 0.1) is 26.3 Å². The number of fused-ring (bicyclic) bond motifs is 3. The maximum atomic E-state index is 12.2. The van der Waals surface area contributed by atoms with E-state index < -0.39 is 0 Å². The summed E-state index contributed by atoms with van der Waals surface area (Å²) in [5.74, 6) is 1.51. The predicted octanol–water partition coefficient (Wildman–Crippen LogP) is 4.98. The van der Waals surface area contributed by atoms with Gasteiger partial charge in [-0.15, -0.1) is 12.4 Å². The van der Waals surface area contributed by atoms with Crippen LogP contribution < -0.4 is 20.0 Å². The molecule has 4 aromatic rings. The van der Waals surface area contributed by atoms with Gasteiger partial charge in [-0.25, -0.2) is 4.79 Å². The minimum atomic E-state index is -0.354. The second-order valence-electron chi connectivity index (χ2n) is 7.27. The number of aryl methyl sites for hydroxylation is 1. The molecule has 0 N–H and O–H groups in total. The van der Waals surface area contributed by atoms with E-state index in [4.69, 9.17) is 18.6 Å². The van der Waals surface area contributed by atoms with Crippen LogP contribution in [0.1, 0.15) is 31.4 Å². The Balaban J connectivity index is 0.00000289. The van der Waals surface area contributed by atoms with Gasteiger partial charge in [-0.3, -0.25) is 9.55 Å². The van der Waals surface area contributed by atoms with Gasteiger partial charge in [-0.1, -0.05) is 13.0 Å². The molecule has 8 heteroatoms. The van der Waals surface area contributed by atoms with E-state index in [0.717, 1.165) is 33.8 Å². The number of hydrogen-bond donors (Lipinski definition) is 0. The van der Waals surface area contributed by atoms with E-state index in [-0.39, 0.29) is 18.2 Å². The van der Waals surface area contributed by atoms with Crippen molar-refractivity contribution in [1.82, 2.24) is 9.55 Å². The highest BCUT2D eigenvalue weighted by Gasteiger charge is 2.17. The quantitative estimate of drug-likeness (QED) is 0.370. The van der Waals surface area contributed by atoms with E-state index in [2.05, 4.69) is 11.9 Å². The summed E-state index contributed by atoms with van der Waals surface area (Å²) in [5.41, 5.74) is 3.36. The van der Waals surface area contributed by atoms with Crippen molar-refractivity contribution in [2.45, 2.75) is 33.2 Å². The number of aromatic nitrogens is 2. The Labute approximate surface area is 192 Å². The third-order valence-corrected chi connectivity index (χ3v) is 5.34. The van der Waals surface area contributed by atoms with Gasteiger partial charge in [-0.2, -0.15) is 0 Å². The number of methoxy groups -OCH3 is 2. The summed E-state index contributed by atoms with van der Waals surface area (Å²) >= 11 is 0. The van der Waals surface area contributed by atoms with Crippen LogP contribution in [0.25, 0.3) is 21.9 Å². The lowest BCUT2D eigenvalue weighted by molar-refractivity contribution is 0.274. The number of ether oxygens (including phenoxy) is 3. The molecule has 0 unspecified atom stereocenters. The van der Waals surface area contributed by atoms with Crippen LogP contribution >= 0.6 is 12.4 Å². The number of pyridine rings is 1. The van der Waals surface area contributed by atoms with Crippen LogP contribution in [0.4, 0.5) is 0 Å². The van der Waals surface area contributed by atoms with Crippen LogP contribution in [0.3, 0.4) is 0 Å².